The van der Waals surface area contributed by atoms with Gasteiger partial charge in [0, 0.05) is 0 Å². The molecule has 0 radical (unpaired) electrons. The SMILES string of the molecule is COC(=O)[C@@H](C)[C@H]1CC[C@H](C[C@H](O)C(C)C)O1. The summed E-state index contributed by atoms with van der Waals surface area (Å²) in [4.78, 5) is 11.4. The highest BCUT2D eigenvalue weighted by Crippen LogP contribution is 2.29. The molecule has 0 saturated carbocycles. The summed E-state index contributed by atoms with van der Waals surface area (Å²) in [7, 11) is 1.40. The van der Waals surface area contributed by atoms with Gasteiger partial charge in [0.25, 0.3) is 0 Å². The van der Waals surface area contributed by atoms with E-state index in [9.17, 15) is 9.90 Å². The van der Waals surface area contributed by atoms with Crippen molar-refractivity contribution >= 4 is 5.97 Å². The summed E-state index contributed by atoms with van der Waals surface area (Å²) in [6, 6.07) is 0. The summed E-state index contributed by atoms with van der Waals surface area (Å²) in [5.74, 6) is -0.197. The average Bonchev–Trinajstić information content (AvgIpc) is 2.75. The highest BCUT2D eigenvalue weighted by atomic mass is 16.5. The molecule has 1 rings (SSSR count). The average molecular weight is 244 g/mol. The van der Waals surface area contributed by atoms with Crippen molar-refractivity contribution in [3.8, 4) is 0 Å². The molecule has 0 bridgehead atoms. The van der Waals surface area contributed by atoms with Crippen molar-refractivity contribution in [1.82, 2.24) is 0 Å². The van der Waals surface area contributed by atoms with Crippen LogP contribution in [0.1, 0.15) is 40.0 Å². The molecule has 0 amide bonds. The Morgan fingerprint density at radius 3 is 2.59 bits per heavy atom. The quantitative estimate of drug-likeness (QED) is 0.749. The van der Waals surface area contributed by atoms with Crippen LogP contribution < -0.4 is 0 Å². The fourth-order valence-electron chi connectivity index (χ4n) is 2.15. The van der Waals surface area contributed by atoms with Crippen molar-refractivity contribution < 1.29 is 19.4 Å². The van der Waals surface area contributed by atoms with Gasteiger partial charge in [0.15, 0.2) is 0 Å². The second-order valence-corrected chi connectivity index (χ2v) is 5.23. The number of ether oxygens (including phenoxy) is 2. The fourth-order valence-corrected chi connectivity index (χ4v) is 2.15. The summed E-state index contributed by atoms with van der Waals surface area (Å²) in [5.41, 5.74) is 0. The van der Waals surface area contributed by atoms with Crippen LogP contribution in [0.3, 0.4) is 0 Å². The number of hydrogen-bond acceptors (Lipinski definition) is 4. The van der Waals surface area contributed by atoms with Crippen LogP contribution in [0, 0.1) is 11.8 Å². The van der Waals surface area contributed by atoms with Gasteiger partial charge in [-0.1, -0.05) is 13.8 Å². The Kier molecular flexibility index (Phi) is 5.40. The van der Waals surface area contributed by atoms with Gasteiger partial charge in [-0.15, -0.1) is 0 Å². The van der Waals surface area contributed by atoms with E-state index in [1.807, 2.05) is 20.8 Å². The van der Waals surface area contributed by atoms with Crippen LogP contribution in [0.25, 0.3) is 0 Å². The molecule has 1 saturated heterocycles. The van der Waals surface area contributed by atoms with E-state index in [0.29, 0.717) is 6.42 Å². The largest absolute Gasteiger partial charge is 0.469 e. The van der Waals surface area contributed by atoms with Crippen LogP contribution >= 0.6 is 0 Å². The Morgan fingerprint density at radius 2 is 2.06 bits per heavy atom. The van der Waals surface area contributed by atoms with Crippen LogP contribution in [-0.2, 0) is 14.3 Å². The monoisotopic (exact) mass is 244 g/mol. The summed E-state index contributed by atoms with van der Waals surface area (Å²) >= 11 is 0. The zero-order chi connectivity index (χ0) is 13.0. The standard InChI is InChI=1S/C13H24O4/c1-8(2)11(14)7-10-5-6-12(17-10)9(3)13(15)16-4/h8-12,14H,5-7H2,1-4H3/t9-,10+,11-,12+/m0/s1. The third-order valence-electron chi connectivity index (χ3n) is 3.54. The first-order valence-electron chi connectivity index (χ1n) is 6.37. The van der Waals surface area contributed by atoms with Gasteiger partial charge in [-0.05, 0) is 32.1 Å². The molecular formula is C13H24O4. The van der Waals surface area contributed by atoms with Crippen LogP contribution in [-0.4, -0.2) is 36.5 Å². The Hall–Kier alpha value is -0.610. The number of carbonyl (C=O) groups is 1. The molecule has 0 spiro atoms. The lowest BCUT2D eigenvalue weighted by atomic mass is 9.98. The van der Waals surface area contributed by atoms with E-state index in [-0.39, 0.29) is 36.1 Å². The van der Waals surface area contributed by atoms with Crippen LogP contribution in [0.5, 0.6) is 0 Å². The van der Waals surface area contributed by atoms with Crippen molar-refractivity contribution in [2.75, 3.05) is 7.11 Å². The van der Waals surface area contributed by atoms with Gasteiger partial charge in [0.2, 0.25) is 0 Å². The second kappa shape index (κ2) is 6.36. The topological polar surface area (TPSA) is 55.8 Å². The maximum absolute atomic E-state index is 11.4. The predicted molar refractivity (Wildman–Crippen MR) is 64.5 cm³/mol. The molecule has 0 aliphatic carbocycles. The van der Waals surface area contributed by atoms with Gasteiger partial charge >= 0.3 is 5.97 Å². The number of methoxy groups -OCH3 is 1. The molecule has 0 unspecified atom stereocenters. The number of aliphatic hydroxyl groups excluding tert-OH is 1. The van der Waals surface area contributed by atoms with E-state index in [1.54, 1.807) is 0 Å². The maximum Gasteiger partial charge on any atom is 0.311 e. The van der Waals surface area contributed by atoms with Crippen molar-refractivity contribution in [1.29, 1.82) is 0 Å². The normalized spacial score (nSPS) is 28.1. The second-order valence-electron chi connectivity index (χ2n) is 5.23. The molecule has 4 heteroatoms. The Bertz CT molecular complexity index is 252. The number of aliphatic hydroxyl groups is 1. The molecule has 0 aromatic carbocycles. The maximum atomic E-state index is 11.4. The highest BCUT2D eigenvalue weighted by Gasteiger charge is 2.34. The zero-order valence-corrected chi connectivity index (χ0v) is 11.2. The van der Waals surface area contributed by atoms with Crippen molar-refractivity contribution in [3.63, 3.8) is 0 Å². The van der Waals surface area contributed by atoms with Crippen LogP contribution in [0.4, 0.5) is 0 Å². The highest BCUT2D eigenvalue weighted by molar-refractivity contribution is 5.72. The van der Waals surface area contributed by atoms with Gasteiger partial charge in [0.05, 0.1) is 31.3 Å². The molecule has 1 aliphatic rings. The van der Waals surface area contributed by atoms with Gasteiger partial charge in [-0.3, -0.25) is 4.79 Å². The fraction of sp³-hybridized carbons (Fsp3) is 0.923. The molecular weight excluding hydrogens is 220 g/mol. The molecule has 0 aromatic rings. The Morgan fingerprint density at radius 1 is 1.41 bits per heavy atom. The van der Waals surface area contributed by atoms with E-state index < -0.39 is 0 Å². The number of hydrogen-bond donors (Lipinski definition) is 1. The molecule has 1 aliphatic heterocycles. The van der Waals surface area contributed by atoms with Crippen LogP contribution in [0.2, 0.25) is 0 Å². The molecule has 1 fully saturated rings. The molecule has 4 nitrogen and oxygen atoms in total. The lowest BCUT2D eigenvalue weighted by Crippen LogP contribution is -2.28. The first kappa shape index (κ1) is 14.5. The predicted octanol–water partition coefficient (Wildman–Crippen LogP) is 1.75. The van der Waals surface area contributed by atoms with Crippen molar-refractivity contribution in [2.45, 2.75) is 58.3 Å². The van der Waals surface area contributed by atoms with Gasteiger partial charge in [-0.2, -0.15) is 0 Å². The Labute approximate surface area is 103 Å². The molecule has 4 atom stereocenters. The van der Waals surface area contributed by atoms with Gasteiger partial charge in [0.1, 0.15) is 0 Å². The first-order valence-corrected chi connectivity index (χ1v) is 6.37. The number of esters is 1. The van der Waals surface area contributed by atoms with Crippen molar-refractivity contribution in [3.05, 3.63) is 0 Å². The van der Waals surface area contributed by atoms with E-state index in [1.165, 1.54) is 7.11 Å². The van der Waals surface area contributed by atoms with E-state index >= 15 is 0 Å². The lowest BCUT2D eigenvalue weighted by molar-refractivity contribution is -0.150. The minimum Gasteiger partial charge on any atom is -0.469 e. The van der Waals surface area contributed by atoms with E-state index in [4.69, 9.17) is 9.47 Å². The number of carbonyl (C=O) groups excluding carboxylic acids is 1. The first-order chi connectivity index (χ1) is 7.95. The number of rotatable bonds is 5. The van der Waals surface area contributed by atoms with Crippen molar-refractivity contribution in [2.24, 2.45) is 11.8 Å². The summed E-state index contributed by atoms with van der Waals surface area (Å²) < 4.78 is 10.5. The summed E-state index contributed by atoms with van der Waals surface area (Å²) in [5, 5.41) is 9.80. The molecule has 1 N–H and O–H groups in total. The Balaban J connectivity index is 2.39. The summed E-state index contributed by atoms with van der Waals surface area (Å²) in [6.07, 6.45) is 2.12. The smallest absolute Gasteiger partial charge is 0.311 e. The lowest BCUT2D eigenvalue weighted by Gasteiger charge is -2.21. The van der Waals surface area contributed by atoms with Gasteiger partial charge in [-0.25, -0.2) is 0 Å². The van der Waals surface area contributed by atoms with Crippen LogP contribution in [0.15, 0.2) is 0 Å². The molecule has 17 heavy (non-hydrogen) atoms. The molecule has 1 heterocycles. The third kappa shape index (κ3) is 3.96. The third-order valence-corrected chi connectivity index (χ3v) is 3.54. The van der Waals surface area contributed by atoms with E-state index in [2.05, 4.69) is 0 Å². The zero-order valence-electron chi connectivity index (χ0n) is 11.2. The molecule has 100 valence electrons. The molecule has 0 aromatic heterocycles. The minimum absolute atomic E-state index is 0.0631. The van der Waals surface area contributed by atoms with E-state index in [0.717, 1.165) is 12.8 Å². The minimum atomic E-state index is -0.327. The summed E-state index contributed by atoms with van der Waals surface area (Å²) in [6.45, 7) is 5.82. The van der Waals surface area contributed by atoms with Gasteiger partial charge < -0.3 is 14.6 Å².